The second-order valence-electron chi connectivity index (χ2n) is 5.34. The zero-order valence-corrected chi connectivity index (χ0v) is 13.3. The molecule has 5 nitrogen and oxygen atoms in total. The van der Waals surface area contributed by atoms with E-state index in [4.69, 9.17) is 0 Å². The Morgan fingerprint density at radius 1 is 1.08 bits per heavy atom. The van der Waals surface area contributed by atoms with Gasteiger partial charge in [-0.1, -0.05) is 36.4 Å². The molecular weight excluding hydrogens is 311 g/mol. The van der Waals surface area contributed by atoms with Crippen molar-refractivity contribution in [3.63, 3.8) is 0 Å². The number of amides is 2. The van der Waals surface area contributed by atoms with Crippen LogP contribution in [0.15, 0.2) is 48.5 Å². The lowest BCUT2D eigenvalue weighted by Gasteiger charge is -2.12. The van der Waals surface area contributed by atoms with E-state index in [9.17, 15) is 19.1 Å². The highest BCUT2D eigenvalue weighted by molar-refractivity contribution is 6.39. The van der Waals surface area contributed by atoms with E-state index in [0.29, 0.717) is 0 Å². The predicted octanol–water partition coefficient (Wildman–Crippen LogP) is 2.31. The van der Waals surface area contributed by atoms with Gasteiger partial charge in [-0.05, 0) is 31.0 Å². The van der Waals surface area contributed by atoms with Crippen LogP contribution in [0, 0.1) is 12.7 Å². The summed E-state index contributed by atoms with van der Waals surface area (Å²) in [5, 5.41) is 14.8. The van der Waals surface area contributed by atoms with Gasteiger partial charge < -0.3 is 15.7 Å². The monoisotopic (exact) mass is 330 g/mol. The molecule has 2 rings (SSSR count). The lowest BCUT2D eigenvalue weighted by atomic mass is 10.1. The third kappa shape index (κ3) is 4.63. The number of carbonyl (C=O) groups is 2. The Balaban J connectivity index is 1.82. The van der Waals surface area contributed by atoms with E-state index < -0.39 is 23.7 Å². The zero-order chi connectivity index (χ0) is 17.5. The van der Waals surface area contributed by atoms with Gasteiger partial charge in [0.2, 0.25) is 0 Å². The molecule has 0 heterocycles. The minimum atomic E-state index is -0.877. The van der Waals surface area contributed by atoms with Crippen molar-refractivity contribution < 1.29 is 19.1 Å². The minimum Gasteiger partial charge on any atom is -0.388 e. The fraction of sp³-hybridized carbons (Fsp3) is 0.222. The van der Waals surface area contributed by atoms with E-state index in [1.54, 1.807) is 12.1 Å². The van der Waals surface area contributed by atoms with E-state index >= 15 is 0 Å². The van der Waals surface area contributed by atoms with Gasteiger partial charge in [-0.3, -0.25) is 9.59 Å². The Labute approximate surface area is 139 Å². The molecule has 0 radical (unpaired) electrons. The molecule has 0 fully saturated rings. The van der Waals surface area contributed by atoms with E-state index in [1.165, 1.54) is 25.1 Å². The molecule has 0 spiro atoms. The summed E-state index contributed by atoms with van der Waals surface area (Å²) in [6.07, 6.45) is -0.442. The fourth-order valence-corrected chi connectivity index (χ4v) is 2.17. The highest BCUT2D eigenvalue weighted by atomic mass is 19.1. The third-order valence-electron chi connectivity index (χ3n) is 3.61. The molecule has 1 unspecified atom stereocenters. The number of rotatable bonds is 5. The van der Waals surface area contributed by atoms with Crippen LogP contribution in [0.3, 0.4) is 0 Å². The highest BCUT2D eigenvalue weighted by Gasteiger charge is 2.16. The molecule has 2 amide bonds. The Hall–Kier alpha value is -2.73. The Bertz CT molecular complexity index is 719. The molecule has 0 aliphatic rings. The van der Waals surface area contributed by atoms with Crippen LogP contribution in [0.5, 0.6) is 0 Å². The lowest BCUT2D eigenvalue weighted by molar-refractivity contribution is -0.136. The number of carbonyl (C=O) groups excluding carboxylic acids is 2. The number of benzene rings is 2. The average molecular weight is 330 g/mol. The van der Waals surface area contributed by atoms with Gasteiger partial charge in [-0.2, -0.15) is 0 Å². The van der Waals surface area contributed by atoms with Crippen LogP contribution in [0.2, 0.25) is 0 Å². The Kier molecular flexibility index (Phi) is 6.03. The molecule has 6 heteroatoms. The molecule has 1 atom stereocenters. The van der Waals surface area contributed by atoms with Crippen LogP contribution >= 0.6 is 0 Å². The number of anilines is 1. The smallest absolute Gasteiger partial charge is 0.313 e. The summed E-state index contributed by atoms with van der Waals surface area (Å²) in [6, 6.07) is 13.3. The van der Waals surface area contributed by atoms with Gasteiger partial charge >= 0.3 is 11.8 Å². The largest absolute Gasteiger partial charge is 0.388 e. The summed E-state index contributed by atoms with van der Waals surface area (Å²) < 4.78 is 13.4. The van der Waals surface area contributed by atoms with Gasteiger partial charge in [-0.25, -0.2) is 4.39 Å². The molecule has 0 aromatic heterocycles. The molecule has 0 saturated heterocycles. The van der Waals surface area contributed by atoms with Gasteiger partial charge in [0, 0.05) is 17.8 Å². The van der Waals surface area contributed by atoms with E-state index in [-0.39, 0.29) is 24.2 Å². The van der Waals surface area contributed by atoms with E-state index in [2.05, 4.69) is 10.6 Å². The van der Waals surface area contributed by atoms with Crippen LogP contribution in [-0.4, -0.2) is 23.5 Å². The third-order valence-corrected chi connectivity index (χ3v) is 3.61. The van der Waals surface area contributed by atoms with Crippen molar-refractivity contribution in [1.29, 1.82) is 0 Å². The molecule has 2 aromatic rings. The maximum absolute atomic E-state index is 13.4. The van der Waals surface area contributed by atoms with Crippen LogP contribution < -0.4 is 10.6 Å². The molecule has 24 heavy (non-hydrogen) atoms. The van der Waals surface area contributed by atoms with Crippen LogP contribution in [-0.2, 0) is 9.59 Å². The second kappa shape index (κ2) is 8.21. The van der Waals surface area contributed by atoms with Crippen molar-refractivity contribution in [2.45, 2.75) is 19.4 Å². The molecule has 126 valence electrons. The highest BCUT2D eigenvalue weighted by Crippen LogP contribution is 2.17. The first-order chi connectivity index (χ1) is 11.5. The number of aliphatic hydroxyl groups is 1. The maximum Gasteiger partial charge on any atom is 0.313 e. The van der Waals surface area contributed by atoms with Crippen molar-refractivity contribution in [1.82, 2.24) is 5.32 Å². The average Bonchev–Trinajstić information content (AvgIpc) is 2.59. The molecular formula is C18H19FN2O3. The first-order valence-electron chi connectivity index (χ1n) is 7.56. The van der Waals surface area contributed by atoms with Gasteiger partial charge in [0.05, 0.1) is 6.10 Å². The van der Waals surface area contributed by atoms with Crippen molar-refractivity contribution in [2.24, 2.45) is 0 Å². The second-order valence-corrected chi connectivity index (χ2v) is 5.34. The Morgan fingerprint density at radius 2 is 1.79 bits per heavy atom. The lowest BCUT2D eigenvalue weighted by Crippen LogP contribution is -2.36. The number of hydrogen-bond donors (Lipinski definition) is 3. The van der Waals surface area contributed by atoms with Crippen molar-refractivity contribution in [3.8, 4) is 0 Å². The van der Waals surface area contributed by atoms with Crippen LogP contribution in [0.1, 0.15) is 23.7 Å². The zero-order valence-electron chi connectivity index (χ0n) is 13.3. The molecule has 0 bridgehead atoms. The minimum absolute atomic E-state index is 0.143. The molecule has 0 aliphatic heterocycles. The van der Waals surface area contributed by atoms with Crippen molar-refractivity contribution >= 4 is 17.5 Å². The van der Waals surface area contributed by atoms with Crippen molar-refractivity contribution in [3.05, 3.63) is 65.5 Å². The summed E-state index contributed by atoms with van der Waals surface area (Å²) in [7, 11) is 0. The fourth-order valence-electron chi connectivity index (χ4n) is 2.17. The van der Waals surface area contributed by atoms with Gasteiger partial charge in [0.15, 0.2) is 0 Å². The molecule has 3 N–H and O–H groups in total. The van der Waals surface area contributed by atoms with Crippen LogP contribution in [0.25, 0.3) is 0 Å². The topological polar surface area (TPSA) is 78.4 Å². The predicted molar refractivity (Wildman–Crippen MR) is 88.8 cm³/mol. The summed E-state index contributed by atoms with van der Waals surface area (Å²) in [4.78, 5) is 23.6. The standard InChI is InChI=1S/C18H19FN2O3/c1-12-14(19)8-5-9-15(12)21-18(24)17(23)20-11-10-16(22)13-6-3-2-4-7-13/h2-9,16,22H,10-11H2,1H3,(H,20,23)(H,21,24). The number of aliphatic hydroxyl groups excluding tert-OH is 1. The first kappa shape index (κ1) is 17.6. The van der Waals surface area contributed by atoms with Crippen molar-refractivity contribution in [2.75, 3.05) is 11.9 Å². The summed E-state index contributed by atoms with van der Waals surface area (Å²) in [5.74, 6) is -2.17. The van der Waals surface area contributed by atoms with Crippen LogP contribution in [0.4, 0.5) is 10.1 Å². The molecule has 2 aromatic carbocycles. The SMILES string of the molecule is Cc1c(F)cccc1NC(=O)C(=O)NCCC(O)c1ccccc1. The molecule has 0 aliphatic carbocycles. The number of halogens is 1. The number of nitrogens with one attached hydrogen (secondary N) is 2. The summed E-state index contributed by atoms with van der Waals surface area (Å²) in [5.41, 5.74) is 1.25. The van der Waals surface area contributed by atoms with E-state index in [1.807, 2.05) is 18.2 Å². The maximum atomic E-state index is 13.4. The summed E-state index contributed by atoms with van der Waals surface area (Å²) >= 11 is 0. The normalized spacial score (nSPS) is 11.6. The quantitative estimate of drug-likeness (QED) is 0.736. The first-order valence-corrected chi connectivity index (χ1v) is 7.56. The van der Waals surface area contributed by atoms with E-state index in [0.717, 1.165) is 5.56 Å². The number of hydrogen-bond acceptors (Lipinski definition) is 3. The van der Waals surface area contributed by atoms with Gasteiger partial charge in [0.25, 0.3) is 0 Å². The summed E-state index contributed by atoms with van der Waals surface area (Å²) in [6.45, 7) is 1.66. The Morgan fingerprint density at radius 3 is 2.50 bits per heavy atom. The molecule has 0 saturated carbocycles. The van der Waals surface area contributed by atoms with Gasteiger partial charge in [-0.15, -0.1) is 0 Å². The van der Waals surface area contributed by atoms with Gasteiger partial charge in [0.1, 0.15) is 5.82 Å².